The summed E-state index contributed by atoms with van der Waals surface area (Å²) < 4.78 is 12.2. The Morgan fingerprint density at radius 2 is 2.06 bits per heavy atom. The molecule has 0 bridgehead atoms. The van der Waals surface area contributed by atoms with Gasteiger partial charge >= 0.3 is 0 Å². The SMILES string of the molecule is CCOc1ccc(/C=N/n2cnnc2)cc1OC. The Morgan fingerprint density at radius 3 is 2.72 bits per heavy atom. The van der Waals surface area contributed by atoms with Crippen molar-refractivity contribution in [1.29, 1.82) is 0 Å². The van der Waals surface area contributed by atoms with Crippen LogP contribution >= 0.6 is 0 Å². The van der Waals surface area contributed by atoms with E-state index in [0.717, 1.165) is 11.3 Å². The molecule has 6 heteroatoms. The summed E-state index contributed by atoms with van der Waals surface area (Å²) in [5, 5.41) is 11.5. The van der Waals surface area contributed by atoms with Gasteiger partial charge in [0.05, 0.1) is 19.9 Å². The third-order valence-electron chi connectivity index (χ3n) is 2.23. The molecule has 0 amide bonds. The predicted octanol–water partition coefficient (Wildman–Crippen LogP) is 1.57. The van der Waals surface area contributed by atoms with Gasteiger partial charge in [0, 0.05) is 0 Å². The quantitative estimate of drug-likeness (QED) is 0.751. The maximum Gasteiger partial charge on any atom is 0.161 e. The van der Waals surface area contributed by atoms with Gasteiger partial charge in [-0.05, 0) is 30.7 Å². The molecule has 0 aliphatic rings. The number of rotatable bonds is 5. The maximum atomic E-state index is 5.44. The predicted molar refractivity (Wildman–Crippen MR) is 67.2 cm³/mol. The smallest absolute Gasteiger partial charge is 0.161 e. The summed E-state index contributed by atoms with van der Waals surface area (Å²) >= 11 is 0. The molecule has 1 heterocycles. The molecular formula is C12H14N4O2. The molecule has 0 unspecified atom stereocenters. The van der Waals surface area contributed by atoms with Crippen molar-refractivity contribution in [1.82, 2.24) is 14.9 Å². The van der Waals surface area contributed by atoms with Gasteiger partial charge in [-0.25, -0.2) is 4.68 Å². The Balaban J connectivity index is 2.19. The molecule has 1 aromatic heterocycles. The van der Waals surface area contributed by atoms with E-state index in [9.17, 15) is 0 Å². The van der Waals surface area contributed by atoms with E-state index in [1.165, 1.54) is 17.3 Å². The fraction of sp³-hybridized carbons (Fsp3) is 0.250. The van der Waals surface area contributed by atoms with E-state index in [1.54, 1.807) is 13.3 Å². The Labute approximate surface area is 105 Å². The largest absolute Gasteiger partial charge is 0.493 e. The highest BCUT2D eigenvalue weighted by atomic mass is 16.5. The molecule has 18 heavy (non-hydrogen) atoms. The van der Waals surface area contributed by atoms with E-state index in [0.29, 0.717) is 12.4 Å². The van der Waals surface area contributed by atoms with E-state index in [1.807, 2.05) is 25.1 Å². The Hall–Kier alpha value is -2.37. The summed E-state index contributed by atoms with van der Waals surface area (Å²) in [6.07, 6.45) is 4.73. The lowest BCUT2D eigenvalue weighted by Gasteiger charge is -2.09. The zero-order valence-corrected chi connectivity index (χ0v) is 10.3. The highest BCUT2D eigenvalue weighted by Crippen LogP contribution is 2.27. The van der Waals surface area contributed by atoms with Gasteiger partial charge in [-0.2, -0.15) is 5.10 Å². The molecule has 0 saturated carbocycles. The average Bonchev–Trinajstić information content (AvgIpc) is 2.91. The summed E-state index contributed by atoms with van der Waals surface area (Å²) in [7, 11) is 1.61. The molecule has 1 aromatic carbocycles. The second-order valence-electron chi connectivity index (χ2n) is 3.43. The molecule has 0 radical (unpaired) electrons. The molecule has 0 saturated heterocycles. The van der Waals surface area contributed by atoms with Gasteiger partial charge in [-0.3, -0.25) is 0 Å². The van der Waals surface area contributed by atoms with Crippen molar-refractivity contribution in [2.45, 2.75) is 6.92 Å². The lowest BCUT2D eigenvalue weighted by Crippen LogP contribution is -1.96. The van der Waals surface area contributed by atoms with Crippen LogP contribution in [-0.2, 0) is 0 Å². The second kappa shape index (κ2) is 5.81. The van der Waals surface area contributed by atoms with Crippen molar-refractivity contribution in [2.75, 3.05) is 13.7 Å². The van der Waals surface area contributed by atoms with Crippen LogP contribution in [0.2, 0.25) is 0 Å². The number of ether oxygens (including phenoxy) is 2. The lowest BCUT2D eigenvalue weighted by molar-refractivity contribution is 0.311. The van der Waals surface area contributed by atoms with Gasteiger partial charge < -0.3 is 9.47 Å². The minimum absolute atomic E-state index is 0.602. The molecule has 0 fully saturated rings. The third-order valence-corrected chi connectivity index (χ3v) is 2.23. The second-order valence-corrected chi connectivity index (χ2v) is 3.43. The fourth-order valence-corrected chi connectivity index (χ4v) is 1.43. The van der Waals surface area contributed by atoms with Crippen molar-refractivity contribution >= 4 is 6.21 Å². The van der Waals surface area contributed by atoms with Crippen LogP contribution in [-0.4, -0.2) is 34.8 Å². The zero-order chi connectivity index (χ0) is 12.8. The minimum atomic E-state index is 0.602. The minimum Gasteiger partial charge on any atom is -0.493 e. The summed E-state index contributed by atoms with van der Waals surface area (Å²) in [4.78, 5) is 0. The molecule has 0 aliphatic heterocycles. The molecule has 0 spiro atoms. The van der Waals surface area contributed by atoms with Crippen LogP contribution in [0.25, 0.3) is 0 Å². The maximum absolute atomic E-state index is 5.44. The van der Waals surface area contributed by atoms with Crippen LogP contribution in [0.15, 0.2) is 36.0 Å². The molecule has 2 rings (SSSR count). The first kappa shape index (κ1) is 12.1. The normalized spacial score (nSPS) is 10.8. The van der Waals surface area contributed by atoms with E-state index in [-0.39, 0.29) is 0 Å². The summed E-state index contributed by atoms with van der Waals surface area (Å²) in [6.45, 7) is 2.53. The Bertz CT molecular complexity index is 523. The topological polar surface area (TPSA) is 61.5 Å². The Morgan fingerprint density at radius 1 is 1.28 bits per heavy atom. The standard InChI is InChI=1S/C12H14N4O2/c1-3-18-11-5-4-10(6-12(11)17-2)7-15-16-8-13-14-9-16/h4-9H,3H2,1-2H3/b15-7+. The molecule has 6 nitrogen and oxygen atoms in total. The van der Waals surface area contributed by atoms with E-state index < -0.39 is 0 Å². The molecule has 0 aliphatic carbocycles. The molecular weight excluding hydrogens is 232 g/mol. The monoisotopic (exact) mass is 246 g/mol. The zero-order valence-electron chi connectivity index (χ0n) is 10.3. The summed E-state index contributed by atoms with van der Waals surface area (Å²) in [6, 6.07) is 5.62. The average molecular weight is 246 g/mol. The first-order valence-electron chi connectivity index (χ1n) is 5.53. The van der Waals surface area contributed by atoms with Gasteiger partial charge in [0.15, 0.2) is 11.5 Å². The molecule has 94 valence electrons. The van der Waals surface area contributed by atoms with Crippen molar-refractivity contribution in [2.24, 2.45) is 5.10 Å². The lowest BCUT2D eigenvalue weighted by atomic mass is 10.2. The van der Waals surface area contributed by atoms with Crippen molar-refractivity contribution in [3.63, 3.8) is 0 Å². The highest BCUT2D eigenvalue weighted by molar-refractivity contribution is 5.80. The first-order valence-corrected chi connectivity index (χ1v) is 5.53. The summed E-state index contributed by atoms with van der Waals surface area (Å²) in [5.74, 6) is 1.41. The highest BCUT2D eigenvalue weighted by Gasteiger charge is 2.03. The van der Waals surface area contributed by atoms with Crippen molar-refractivity contribution in [3.8, 4) is 11.5 Å². The molecule has 0 N–H and O–H groups in total. The van der Waals surface area contributed by atoms with Crippen LogP contribution < -0.4 is 9.47 Å². The van der Waals surface area contributed by atoms with Crippen LogP contribution in [0.1, 0.15) is 12.5 Å². The van der Waals surface area contributed by atoms with Crippen molar-refractivity contribution < 1.29 is 9.47 Å². The number of aromatic nitrogens is 3. The van der Waals surface area contributed by atoms with Gasteiger partial charge in [-0.15, -0.1) is 10.2 Å². The Kier molecular flexibility index (Phi) is 3.90. The third kappa shape index (κ3) is 2.85. The first-order chi connectivity index (χ1) is 8.83. The molecule has 2 aromatic rings. The number of hydrogen-bond acceptors (Lipinski definition) is 5. The van der Waals surface area contributed by atoms with Crippen molar-refractivity contribution in [3.05, 3.63) is 36.4 Å². The van der Waals surface area contributed by atoms with E-state index in [2.05, 4.69) is 15.3 Å². The van der Waals surface area contributed by atoms with Crippen LogP contribution in [0, 0.1) is 0 Å². The van der Waals surface area contributed by atoms with E-state index in [4.69, 9.17) is 9.47 Å². The van der Waals surface area contributed by atoms with Gasteiger partial charge in [0.2, 0.25) is 0 Å². The van der Waals surface area contributed by atoms with Gasteiger partial charge in [-0.1, -0.05) is 0 Å². The fourth-order valence-electron chi connectivity index (χ4n) is 1.43. The number of methoxy groups -OCH3 is 1. The van der Waals surface area contributed by atoms with Crippen LogP contribution in [0.5, 0.6) is 11.5 Å². The number of nitrogens with zero attached hydrogens (tertiary/aromatic N) is 4. The summed E-state index contributed by atoms with van der Waals surface area (Å²) in [5.41, 5.74) is 0.906. The van der Waals surface area contributed by atoms with Crippen LogP contribution in [0.3, 0.4) is 0 Å². The molecule has 0 atom stereocenters. The van der Waals surface area contributed by atoms with Gasteiger partial charge in [0.1, 0.15) is 12.7 Å². The number of benzene rings is 1. The van der Waals surface area contributed by atoms with E-state index >= 15 is 0 Å². The number of hydrogen-bond donors (Lipinski definition) is 0. The van der Waals surface area contributed by atoms with Gasteiger partial charge in [0.25, 0.3) is 0 Å². The van der Waals surface area contributed by atoms with Crippen LogP contribution in [0.4, 0.5) is 0 Å².